The van der Waals surface area contributed by atoms with Gasteiger partial charge < -0.3 is 20.7 Å². The van der Waals surface area contributed by atoms with Crippen molar-refractivity contribution in [1.29, 1.82) is 0 Å². The maximum atomic E-state index is 12.6. The number of hydrogen-bond donors (Lipinski definition) is 3. The fourth-order valence-corrected chi connectivity index (χ4v) is 2.74. The zero-order chi connectivity index (χ0) is 21.4. The molecular formula is C20H23BrN4O4. The van der Waals surface area contributed by atoms with Gasteiger partial charge in [0, 0.05) is 21.9 Å². The van der Waals surface area contributed by atoms with Crippen LogP contribution in [0.4, 0.5) is 16.3 Å². The van der Waals surface area contributed by atoms with Crippen LogP contribution in [0.3, 0.4) is 0 Å². The van der Waals surface area contributed by atoms with Crippen molar-refractivity contribution in [2.45, 2.75) is 26.3 Å². The number of pyridine rings is 1. The summed E-state index contributed by atoms with van der Waals surface area (Å²) in [7, 11) is 1.24. The predicted molar refractivity (Wildman–Crippen MR) is 114 cm³/mol. The molecule has 8 nitrogen and oxygen atoms in total. The second-order valence-corrected chi connectivity index (χ2v) is 7.62. The molecule has 0 aliphatic rings. The van der Waals surface area contributed by atoms with Crippen LogP contribution in [0.15, 0.2) is 47.1 Å². The molecule has 1 heterocycles. The number of carbonyl (C=O) groups is 3. The van der Waals surface area contributed by atoms with Gasteiger partial charge in [-0.05, 0) is 58.6 Å². The number of nitrogens with one attached hydrogen (secondary N) is 3. The molecule has 3 N–H and O–H groups in total. The van der Waals surface area contributed by atoms with Crippen LogP contribution in [0, 0.1) is 5.92 Å². The van der Waals surface area contributed by atoms with Crippen molar-refractivity contribution < 1.29 is 19.1 Å². The lowest BCUT2D eigenvalue weighted by Crippen LogP contribution is -2.44. The summed E-state index contributed by atoms with van der Waals surface area (Å²) >= 11 is 3.29. The zero-order valence-electron chi connectivity index (χ0n) is 16.4. The number of anilines is 2. The molecule has 1 unspecified atom stereocenters. The Morgan fingerprint density at radius 1 is 1.14 bits per heavy atom. The maximum absolute atomic E-state index is 12.6. The van der Waals surface area contributed by atoms with E-state index in [2.05, 4.69) is 41.6 Å². The number of aromatic nitrogens is 1. The van der Waals surface area contributed by atoms with Crippen LogP contribution in [0.2, 0.25) is 0 Å². The first kappa shape index (κ1) is 22.4. The molecule has 0 spiro atoms. The largest absolute Gasteiger partial charge is 0.453 e. The van der Waals surface area contributed by atoms with Gasteiger partial charge >= 0.3 is 6.09 Å². The Bertz CT molecular complexity index is 871. The zero-order valence-corrected chi connectivity index (χ0v) is 17.9. The minimum atomic E-state index is -0.758. The van der Waals surface area contributed by atoms with Crippen molar-refractivity contribution in [3.05, 3.63) is 52.6 Å². The first-order valence-corrected chi connectivity index (χ1v) is 9.76. The van der Waals surface area contributed by atoms with Crippen LogP contribution in [-0.2, 0) is 9.53 Å². The molecule has 1 aromatic carbocycles. The highest BCUT2D eigenvalue weighted by Gasteiger charge is 2.22. The highest BCUT2D eigenvalue weighted by atomic mass is 79.9. The smallest absolute Gasteiger partial charge is 0.407 e. The predicted octanol–water partition coefficient (Wildman–Crippen LogP) is 3.81. The number of nitrogens with zero attached hydrogens (tertiary/aromatic N) is 1. The third-order valence-corrected chi connectivity index (χ3v) is 4.33. The summed E-state index contributed by atoms with van der Waals surface area (Å²) in [5, 5.41) is 7.95. The van der Waals surface area contributed by atoms with Gasteiger partial charge in [0.05, 0.1) is 7.11 Å². The second kappa shape index (κ2) is 10.6. The van der Waals surface area contributed by atoms with Crippen molar-refractivity contribution in [3.8, 4) is 0 Å². The molecule has 0 radical (unpaired) electrons. The fourth-order valence-electron chi connectivity index (χ4n) is 2.51. The van der Waals surface area contributed by atoms with Gasteiger partial charge in [-0.25, -0.2) is 9.78 Å². The number of methoxy groups -OCH3 is 1. The number of hydrogen-bond acceptors (Lipinski definition) is 5. The van der Waals surface area contributed by atoms with Gasteiger partial charge in [0.2, 0.25) is 5.91 Å². The Labute approximate surface area is 177 Å². The second-order valence-electron chi connectivity index (χ2n) is 6.70. The number of amides is 3. The number of benzene rings is 1. The van der Waals surface area contributed by atoms with Crippen LogP contribution >= 0.6 is 15.9 Å². The van der Waals surface area contributed by atoms with Crippen molar-refractivity contribution in [2.75, 3.05) is 17.7 Å². The molecule has 0 aliphatic carbocycles. The topological polar surface area (TPSA) is 109 Å². The summed E-state index contributed by atoms with van der Waals surface area (Å²) in [6.45, 7) is 3.89. The van der Waals surface area contributed by atoms with E-state index in [9.17, 15) is 14.4 Å². The average molecular weight is 463 g/mol. The average Bonchev–Trinajstić information content (AvgIpc) is 2.68. The lowest BCUT2D eigenvalue weighted by atomic mass is 10.0. The van der Waals surface area contributed by atoms with Gasteiger partial charge in [0.25, 0.3) is 5.91 Å². The van der Waals surface area contributed by atoms with Crippen LogP contribution in [0.5, 0.6) is 0 Å². The third kappa shape index (κ3) is 7.19. The van der Waals surface area contributed by atoms with E-state index in [1.807, 2.05) is 13.8 Å². The molecule has 0 aliphatic heterocycles. The van der Waals surface area contributed by atoms with Gasteiger partial charge in [-0.15, -0.1) is 0 Å². The fraction of sp³-hybridized carbons (Fsp3) is 0.300. The summed E-state index contributed by atoms with van der Waals surface area (Å²) < 4.78 is 5.39. The third-order valence-electron chi connectivity index (χ3n) is 3.86. The summed E-state index contributed by atoms with van der Waals surface area (Å²) in [6.07, 6.45) is 1.34. The number of carbonyl (C=O) groups excluding carboxylic acids is 3. The van der Waals surface area contributed by atoms with Crippen molar-refractivity contribution in [2.24, 2.45) is 5.92 Å². The molecule has 0 bridgehead atoms. The van der Waals surface area contributed by atoms with E-state index in [1.165, 1.54) is 7.11 Å². The van der Waals surface area contributed by atoms with E-state index in [0.29, 0.717) is 23.5 Å². The van der Waals surface area contributed by atoms with Gasteiger partial charge in [-0.1, -0.05) is 19.9 Å². The van der Waals surface area contributed by atoms with E-state index >= 15 is 0 Å². The Morgan fingerprint density at radius 3 is 2.52 bits per heavy atom. The minimum absolute atomic E-state index is 0.179. The Kier molecular flexibility index (Phi) is 8.14. The van der Waals surface area contributed by atoms with Crippen molar-refractivity contribution in [1.82, 2.24) is 10.3 Å². The Morgan fingerprint density at radius 2 is 1.90 bits per heavy atom. The van der Waals surface area contributed by atoms with E-state index in [0.717, 1.165) is 4.47 Å². The van der Waals surface area contributed by atoms with Gasteiger partial charge in [-0.3, -0.25) is 9.59 Å². The van der Waals surface area contributed by atoms with Crippen molar-refractivity contribution >= 4 is 45.3 Å². The standard InChI is InChI=1S/C20H23BrN4O4/c1-12(2)9-16(24-20(28)29-3)19(27)23-15-6-4-5-13(10-15)18(26)25-17-8-7-14(21)11-22-17/h4-8,10-12,16H,9H2,1-3H3,(H,23,27)(H,24,28)(H,22,25,26). The maximum Gasteiger partial charge on any atom is 0.407 e. The summed E-state index contributed by atoms with van der Waals surface area (Å²) in [5.41, 5.74) is 0.792. The van der Waals surface area contributed by atoms with Crippen LogP contribution < -0.4 is 16.0 Å². The SMILES string of the molecule is COC(=O)NC(CC(C)C)C(=O)Nc1cccc(C(=O)Nc2ccc(Br)cn2)c1. The lowest BCUT2D eigenvalue weighted by Gasteiger charge is -2.19. The van der Waals surface area contributed by atoms with E-state index in [4.69, 9.17) is 0 Å². The molecule has 0 saturated heterocycles. The molecule has 0 fully saturated rings. The van der Waals surface area contributed by atoms with Crippen LogP contribution in [0.1, 0.15) is 30.6 Å². The normalized spacial score (nSPS) is 11.5. The molecule has 154 valence electrons. The number of halogens is 1. The van der Waals surface area contributed by atoms with Gasteiger partial charge in [0.1, 0.15) is 11.9 Å². The molecule has 9 heteroatoms. The summed E-state index contributed by atoms with van der Waals surface area (Å²) in [4.78, 5) is 40.7. The first-order valence-electron chi connectivity index (χ1n) is 8.96. The van der Waals surface area contributed by atoms with E-state index in [1.54, 1.807) is 42.6 Å². The Balaban J connectivity index is 2.08. The number of rotatable bonds is 7. The summed E-state index contributed by atoms with van der Waals surface area (Å²) in [6, 6.07) is 9.18. The van der Waals surface area contributed by atoms with Crippen LogP contribution in [0.25, 0.3) is 0 Å². The lowest BCUT2D eigenvalue weighted by molar-refractivity contribution is -0.118. The Hall–Kier alpha value is -2.94. The molecule has 1 aromatic heterocycles. The highest BCUT2D eigenvalue weighted by Crippen LogP contribution is 2.15. The molecule has 1 atom stereocenters. The molecule has 2 aromatic rings. The van der Waals surface area contributed by atoms with E-state index in [-0.39, 0.29) is 11.8 Å². The minimum Gasteiger partial charge on any atom is -0.453 e. The van der Waals surface area contributed by atoms with E-state index < -0.39 is 18.0 Å². The highest BCUT2D eigenvalue weighted by molar-refractivity contribution is 9.10. The quantitative estimate of drug-likeness (QED) is 0.579. The summed E-state index contributed by atoms with van der Waals surface area (Å²) in [5.74, 6) is -0.163. The van der Waals surface area contributed by atoms with Gasteiger partial charge in [0.15, 0.2) is 0 Å². The monoisotopic (exact) mass is 462 g/mol. The van der Waals surface area contributed by atoms with Gasteiger partial charge in [-0.2, -0.15) is 0 Å². The van der Waals surface area contributed by atoms with Crippen molar-refractivity contribution in [3.63, 3.8) is 0 Å². The molecule has 0 saturated carbocycles. The first-order chi connectivity index (χ1) is 13.8. The molecule has 2 rings (SSSR count). The molecule has 3 amide bonds. The number of ether oxygens (including phenoxy) is 1. The van der Waals surface area contributed by atoms with Crippen LogP contribution in [-0.4, -0.2) is 36.0 Å². The molecule has 29 heavy (non-hydrogen) atoms. The number of alkyl carbamates (subject to hydrolysis) is 1. The molecular weight excluding hydrogens is 440 g/mol.